The van der Waals surface area contributed by atoms with E-state index in [9.17, 15) is 17.6 Å². The van der Waals surface area contributed by atoms with Crippen LogP contribution in [0.2, 0.25) is 0 Å². The second kappa shape index (κ2) is 2.71. The summed E-state index contributed by atoms with van der Waals surface area (Å²) in [7, 11) is -2.21. The monoisotopic (exact) mass is 180 g/mol. The van der Waals surface area contributed by atoms with E-state index in [2.05, 4.69) is 0 Å². The molecule has 4 radical (unpaired) electrons. The smallest absolute Gasteiger partial charge is 0.208 e. The second-order valence-corrected chi connectivity index (χ2v) is 3.76. The van der Waals surface area contributed by atoms with Gasteiger partial charge < -0.3 is 0 Å². The number of hydrogen-bond donors (Lipinski definition) is 0. The standard InChI is InChI=1S/C4F4Si2/c5-1-2(6)10-4(8)3(7)9-1. The Morgan fingerprint density at radius 1 is 0.600 bits per heavy atom. The van der Waals surface area contributed by atoms with Crippen molar-refractivity contribution in [2.75, 3.05) is 0 Å². The quantitative estimate of drug-likeness (QED) is 0.392. The molecule has 0 unspecified atom stereocenters. The highest BCUT2D eigenvalue weighted by molar-refractivity contribution is 6.65. The Hall–Kier alpha value is -0.366. The SMILES string of the molecule is FC1=C(F)[Si]C(F)=C(F)[Si]1. The van der Waals surface area contributed by atoms with Crippen LogP contribution in [0, 0.1) is 0 Å². The molecule has 10 heavy (non-hydrogen) atoms. The number of rotatable bonds is 0. The van der Waals surface area contributed by atoms with Crippen LogP contribution in [0.3, 0.4) is 0 Å². The third kappa shape index (κ3) is 1.37. The van der Waals surface area contributed by atoms with E-state index < -0.39 is 40.8 Å². The lowest BCUT2D eigenvalue weighted by molar-refractivity contribution is 0.568. The molecular formula is C4F4Si2. The highest BCUT2D eigenvalue weighted by Gasteiger charge is 2.23. The van der Waals surface area contributed by atoms with Crippen molar-refractivity contribution in [3.63, 3.8) is 0 Å². The molecule has 1 aliphatic heterocycles. The molecular weight excluding hydrogens is 180 g/mol. The van der Waals surface area contributed by atoms with Gasteiger partial charge in [-0.05, 0) is 0 Å². The van der Waals surface area contributed by atoms with Crippen molar-refractivity contribution in [2.45, 2.75) is 0 Å². The van der Waals surface area contributed by atoms with Crippen LogP contribution in [-0.2, 0) is 0 Å². The summed E-state index contributed by atoms with van der Waals surface area (Å²) in [5.41, 5.74) is -4.68. The lowest BCUT2D eigenvalue weighted by Crippen LogP contribution is -2.11. The average molecular weight is 180 g/mol. The third-order valence-corrected chi connectivity index (χ3v) is 3.08. The lowest BCUT2D eigenvalue weighted by Gasteiger charge is -2.03. The highest BCUT2D eigenvalue weighted by atomic mass is 28.2. The minimum atomic E-state index is -1.17. The third-order valence-electron chi connectivity index (χ3n) is 0.824. The first kappa shape index (κ1) is 7.74. The van der Waals surface area contributed by atoms with Crippen molar-refractivity contribution in [1.82, 2.24) is 0 Å². The van der Waals surface area contributed by atoms with Gasteiger partial charge in [-0.15, -0.1) is 0 Å². The van der Waals surface area contributed by atoms with Gasteiger partial charge in [-0.3, -0.25) is 0 Å². The van der Waals surface area contributed by atoms with Gasteiger partial charge >= 0.3 is 0 Å². The summed E-state index contributed by atoms with van der Waals surface area (Å²) in [6.07, 6.45) is 0. The molecule has 0 saturated heterocycles. The molecule has 0 aromatic carbocycles. The van der Waals surface area contributed by atoms with E-state index in [1.54, 1.807) is 0 Å². The van der Waals surface area contributed by atoms with Gasteiger partial charge in [0.2, 0.25) is 19.0 Å². The van der Waals surface area contributed by atoms with Gasteiger partial charge in [0.05, 0.1) is 0 Å². The lowest BCUT2D eigenvalue weighted by atomic mass is 11.1. The average Bonchev–Trinajstić information content (AvgIpc) is 1.84. The van der Waals surface area contributed by atoms with Gasteiger partial charge in [-0.2, -0.15) is 0 Å². The van der Waals surface area contributed by atoms with Gasteiger partial charge in [0.15, 0.2) is 0 Å². The van der Waals surface area contributed by atoms with Crippen LogP contribution >= 0.6 is 0 Å². The maximum Gasteiger partial charge on any atom is 0.208 e. The zero-order chi connectivity index (χ0) is 7.72. The predicted octanol–water partition coefficient (Wildman–Crippen LogP) is 1.54. The maximum absolute atomic E-state index is 12.1. The first-order valence-corrected chi connectivity index (χ1v) is 4.26. The van der Waals surface area contributed by atoms with Crippen LogP contribution in [-0.4, -0.2) is 19.0 Å². The molecule has 1 rings (SSSR count). The van der Waals surface area contributed by atoms with Crippen molar-refractivity contribution in [3.05, 3.63) is 21.8 Å². The van der Waals surface area contributed by atoms with Crippen molar-refractivity contribution in [1.29, 1.82) is 0 Å². The molecule has 0 saturated carbocycles. The summed E-state index contributed by atoms with van der Waals surface area (Å²) in [6.45, 7) is 0. The van der Waals surface area contributed by atoms with Crippen LogP contribution < -0.4 is 0 Å². The van der Waals surface area contributed by atoms with Gasteiger partial charge in [0, 0.05) is 0 Å². The molecule has 6 heteroatoms. The van der Waals surface area contributed by atoms with E-state index in [0.717, 1.165) is 0 Å². The molecule has 0 aliphatic carbocycles. The first-order valence-electron chi connectivity index (χ1n) is 2.26. The fourth-order valence-corrected chi connectivity index (χ4v) is 1.99. The largest absolute Gasteiger partial charge is 0.215 e. The summed E-state index contributed by atoms with van der Waals surface area (Å²) in [5, 5.41) is 0. The van der Waals surface area contributed by atoms with Gasteiger partial charge in [0.25, 0.3) is 0 Å². The molecule has 0 N–H and O–H groups in total. The minimum Gasteiger partial charge on any atom is -0.215 e. The molecule has 0 amide bonds. The Balaban J connectivity index is 2.81. The summed E-state index contributed by atoms with van der Waals surface area (Å²) >= 11 is 0. The zero-order valence-electron chi connectivity index (χ0n) is 4.51. The van der Waals surface area contributed by atoms with Crippen LogP contribution in [0.1, 0.15) is 0 Å². The summed E-state index contributed by atoms with van der Waals surface area (Å²) in [4.78, 5) is 0. The van der Waals surface area contributed by atoms with Crippen molar-refractivity contribution < 1.29 is 17.6 Å². The Morgan fingerprint density at radius 3 is 1.00 bits per heavy atom. The molecule has 52 valence electrons. The van der Waals surface area contributed by atoms with E-state index >= 15 is 0 Å². The fraction of sp³-hybridized carbons (Fsp3) is 0. The molecule has 0 atom stereocenters. The van der Waals surface area contributed by atoms with Crippen LogP contribution in [0.15, 0.2) is 21.8 Å². The van der Waals surface area contributed by atoms with E-state index in [1.165, 1.54) is 0 Å². The zero-order valence-corrected chi connectivity index (χ0v) is 6.51. The van der Waals surface area contributed by atoms with E-state index in [1.807, 2.05) is 0 Å². The van der Waals surface area contributed by atoms with E-state index in [-0.39, 0.29) is 0 Å². The predicted molar refractivity (Wildman–Crippen MR) is 30.0 cm³/mol. The molecule has 0 nitrogen and oxygen atoms in total. The van der Waals surface area contributed by atoms with Crippen LogP contribution in [0.5, 0.6) is 0 Å². The second-order valence-electron chi connectivity index (χ2n) is 1.51. The van der Waals surface area contributed by atoms with Crippen molar-refractivity contribution in [3.8, 4) is 0 Å². The molecule has 1 aliphatic rings. The topological polar surface area (TPSA) is 0 Å². The number of hydrogen-bond acceptors (Lipinski definition) is 0. The summed E-state index contributed by atoms with van der Waals surface area (Å²) in [6, 6.07) is 0. The van der Waals surface area contributed by atoms with Crippen molar-refractivity contribution in [2.24, 2.45) is 0 Å². The van der Waals surface area contributed by atoms with Gasteiger partial charge in [0.1, 0.15) is 21.8 Å². The Morgan fingerprint density at radius 2 is 0.800 bits per heavy atom. The Kier molecular flexibility index (Phi) is 2.09. The molecule has 0 aromatic rings. The van der Waals surface area contributed by atoms with Gasteiger partial charge in [-0.1, -0.05) is 0 Å². The Labute approximate surface area is 59.3 Å². The normalized spacial score (nSPS) is 20.4. The Bertz CT molecular complexity index is 175. The summed E-state index contributed by atoms with van der Waals surface area (Å²) < 4.78 is 48.3. The fourth-order valence-electron chi connectivity index (χ4n) is 0.412. The number of halogens is 4. The van der Waals surface area contributed by atoms with E-state index in [0.29, 0.717) is 0 Å². The van der Waals surface area contributed by atoms with Crippen molar-refractivity contribution >= 4 is 19.0 Å². The van der Waals surface area contributed by atoms with Crippen LogP contribution in [0.25, 0.3) is 0 Å². The van der Waals surface area contributed by atoms with Gasteiger partial charge in [-0.25, -0.2) is 17.6 Å². The molecule has 0 bridgehead atoms. The molecule has 1 heterocycles. The molecule has 0 aromatic heterocycles. The first-order chi connectivity index (χ1) is 4.61. The minimum absolute atomic E-state index is 1.11. The maximum atomic E-state index is 12.1. The molecule has 0 fully saturated rings. The highest BCUT2D eigenvalue weighted by Crippen LogP contribution is 2.21. The van der Waals surface area contributed by atoms with E-state index in [4.69, 9.17) is 0 Å². The molecule has 0 spiro atoms. The summed E-state index contributed by atoms with van der Waals surface area (Å²) in [5.74, 6) is 0. The van der Waals surface area contributed by atoms with Crippen LogP contribution in [0.4, 0.5) is 17.6 Å².